The van der Waals surface area contributed by atoms with Gasteiger partial charge in [-0.3, -0.25) is 0 Å². The van der Waals surface area contributed by atoms with Crippen molar-refractivity contribution >= 4 is 45.7 Å². The highest BCUT2D eigenvalue weighted by atomic mass is 35.5. The van der Waals surface area contributed by atoms with Crippen LogP contribution in [0.25, 0.3) is 22.2 Å². The molecule has 2 aromatic carbocycles. The summed E-state index contributed by atoms with van der Waals surface area (Å²) in [6.45, 7) is 0.533. The molecule has 1 heterocycles. The molecule has 3 N–H and O–H groups in total. The van der Waals surface area contributed by atoms with Crippen LogP contribution >= 0.6 is 34.8 Å². The number of benzene rings is 2. The number of H-pyrrole nitrogens is 1. The molecule has 0 radical (unpaired) electrons. The summed E-state index contributed by atoms with van der Waals surface area (Å²) in [6, 6.07) is 7.17. The SMILES string of the molecule is NCCCCc1c(-c2ccc(Cl)c(C(F)(F)F)c2)[nH]c2c(Cl)ccc(Cl)c12. The second-order valence-electron chi connectivity index (χ2n) is 6.20. The largest absolute Gasteiger partial charge is 0.417 e. The van der Waals surface area contributed by atoms with Gasteiger partial charge in [0.05, 0.1) is 26.1 Å². The minimum absolute atomic E-state index is 0.344. The Labute approximate surface area is 169 Å². The smallest absolute Gasteiger partial charge is 0.353 e. The van der Waals surface area contributed by atoms with Crippen molar-refractivity contribution in [3.05, 3.63) is 56.5 Å². The van der Waals surface area contributed by atoms with Gasteiger partial charge in [-0.2, -0.15) is 13.2 Å². The molecular formula is C19H16Cl3F3N2. The number of nitrogens with one attached hydrogen (secondary N) is 1. The number of aromatic amines is 1. The minimum Gasteiger partial charge on any atom is -0.353 e. The molecule has 0 aliphatic carbocycles. The second kappa shape index (κ2) is 7.92. The number of unbranched alkanes of at least 4 members (excludes halogenated alkanes) is 1. The van der Waals surface area contributed by atoms with Gasteiger partial charge in [0, 0.05) is 11.1 Å². The highest BCUT2D eigenvalue weighted by Crippen LogP contribution is 2.41. The Bertz CT molecular complexity index is 980. The van der Waals surface area contributed by atoms with E-state index >= 15 is 0 Å². The first-order valence-corrected chi connectivity index (χ1v) is 9.43. The van der Waals surface area contributed by atoms with Gasteiger partial charge < -0.3 is 10.7 Å². The van der Waals surface area contributed by atoms with E-state index < -0.39 is 11.7 Å². The third-order valence-corrected chi connectivity index (χ3v) is 5.36. The van der Waals surface area contributed by atoms with Crippen molar-refractivity contribution in [1.29, 1.82) is 0 Å². The van der Waals surface area contributed by atoms with Gasteiger partial charge in [-0.05, 0) is 61.2 Å². The van der Waals surface area contributed by atoms with E-state index in [1.807, 2.05) is 0 Å². The first-order valence-electron chi connectivity index (χ1n) is 8.29. The van der Waals surface area contributed by atoms with Crippen molar-refractivity contribution < 1.29 is 13.2 Å². The molecule has 27 heavy (non-hydrogen) atoms. The quantitative estimate of drug-likeness (QED) is 0.412. The molecule has 3 aromatic rings. The number of fused-ring (bicyclic) bond motifs is 1. The standard InChI is InChI=1S/C19H16Cl3F3N2/c20-13-5-4-10(9-12(13)19(23,24)25)17-11(3-1-2-8-26)16-14(21)6-7-15(22)18(16)27-17/h4-7,9,27H,1-3,8,26H2. The van der Waals surface area contributed by atoms with Crippen LogP contribution in [0.3, 0.4) is 0 Å². The fourth-order valence-electron chi connectivity index (χ4n) is 3.14. The maximum Gasteiger partial charge on any atom is 0.417 e. The monoisotopic (exact) mass is 434 g/mol. The number of aryl methyl sites for hydroxylation is 1. The summed E-state index contributed by atoms with van der Waals surface area (Å²) in [5.74, 6) is 0. The Hall–Kier alpha value is -1.40. The maximum atomic E-state index is 13.3. The summed E-state index contributed by atoms with van der Waals surface area (Å²) in [5.41, 5.74) is 7.04. The lowest BCUT2D eigenvalue weighted by atomic mass is 9.99. The number of hydrogen-bond donors (Lipinski definition) is 2. The van der Waals surface area contributed by atoms with Crippen LogP contribution in [0.15, 0.2) is 30.3 Å². The van der Waals surface area contributed by atoms with Crippen LogP contribution in [0.4, 0.5) is 13.2 Å². The van der Waals surface area contributed by atoms with Gasteiger partial charge in [-0.25, -0.2) is 0 Å². The second-order valence-corrected chi connectivity index (χ2v) is 7.42. The molecule has 3 rings (SSSR count). The van der Waals surface area contributed by atoms with Crippen molar-refractivity contribution in [2.45, 2.75) is 25.4 Å². The van der Waals surface area contributed by atoms with Gasteiger partial charge in [0.1, 0.15) is 0 Å². The number of hydrogen-bond acceptors (Lipinski definition) is 1. The van der Waals surface area contributed by atoms with E-state index in [4.69, 9.17) is 40.5 Å². The lowest BCUT2D eigenvalue weighted by Crippen LogP contribution is -2.06. The van der Waals surface area contributed by atoms with E-state index in [2.05, 4.69) is 4.98 Å². The average Bonchev–Trinajstić information content (AvgIpc) is 2.99. The van der Waals surface area contributed by atoms with Gasteiger partial charge in [0.2, 0.25) is 0 Å². The Kier molecular flexibility index (Phi) is 5.96. The van der Waals surface area contributed by atoms with Crippen LogP contribution in [0.1, 0.15) is 24.0 Å². The maximum absolute atomic E-state index is 13.3. The first kappa shape index (κ1) is 20.3. The first-order chi connectivity index (χ1) is 12.7. The number of rotatable bonds is 5. The van der Waals surface area contributed by atoms with Crippen LogP contribution in [0.5, 0.6) is 0 Å². The fourth-order valence-corrected chi connectivity index (χ4v) is 3.84. The highest BCUT2D eigenvalue weighted by Gasteiger charge is 2.33. The van der Waals surface area contributed by atoms with Crippen molar-refractivity contribution in [3.8, 4) is 11.3 Å². The zero-order chi connectivity index (χ0) is 19.8. The van der Waals surface area contributed by atoms with Gasteiger partial charge >= 0.3 is 6.18 Å². The number of nitrogens with two attached hydrogens (primary N) is 1. The molecule has 0 aliphatic rings. The average molecular weight is 436 g/mol. The van der Waals surface area contributed by atoms with Gasteiger partial charge in [0.25, 0.3) is 0 Å². The van der Waals surface area contributed by atoms with Gasteiger partial charge in [-0.15, -0.1) is 0 Å². The minimum atomic E-state index is -4.55. The van der Waals surface area contributed by atoms with Crippen LogP contribution in [-0.2, 0) is 12.6 Å². The summed E-state index contributed by atoms with van der Waals surface area (Å²) < 4.78 is 39.8. The van der Waals surface area contributed by atoms with Crippen molar-refractivity contribution in [1.82, 2.24) is 4.98 Å². The van der Waals surface area contributed by atoms with Crippen molar-refractivity contribution in [3.63, 3.8) is 0 Å². The van der Waals surface area contributed by atoms with Crippen LogP contribution in [0, 0.1) is 0 Å². The molecule has 0 spiro atoms. The van der Waals surface area contributed by atoms with Crippen molar-refractivity contribution in [2.75, 3.05) is 6.54 Å². The molecule has 144 valence electrons. The molecule has 0 bridgehead atoms. The molecule has 0 saturated heterocycles. The lowest BCUT2D eigenvalue weighted by molar-refractivity contribution is -0.137. The van der Waals surface area contributed by atoms with Gasteiger partial charge in [0.15, 0.2) is 0 Å². The Morgan fingerprint density at radius 1 is 0.926 bits per heavy atom. The summed E-state index contributed by atoms with van der Waals surface area (Å²) in [4.78, 5) is 3.16. The topological polar surface area (TPSA) is 41.8 Å². The zero-order valence-electron chi connectivity index (χ0n) is 14.1. The number of aromatic nitrogens is 1. The zero-order valence-corrected chi connectivity index (χ0v) is 16.3. The van der Waals surface area contributed by atoms with E-state index in [1.54, 1.807) is 18.2 Å². The van der Waals surface area contributed by atoms with E-state index in [1.165, 1.54) is 6.07 Å². The molecule has 0 fully saturated rings. The fraction of sp³-hybridized carbons (Fsp3) is 0.263. The van der Waals surface area contributed by atoms with E-state index in [0.717, 1.165) is 29.9 Å². The Morgan fingerprint density at radius 3 is 2.26 bits per heavy atom. The van der Waals surface area contributed by atoms with Crippen LogP contribution in [0.2, 0.25) is 15.1 Å². The summed E-state index contributed by atoms with van der Waals surface area (Å²) in [7, 11) is 0. The van der Waals surface area contributed by atoms with Crippen LogP contribution < -0.4 is 5.73 Å². The number of alkyl halides is 3. The Morgan fingerprint density at radius 2 is 1.59 bits per heavy atom. The highest BCUT2D eigenvalue weighted by molar-refractivity contribution is 6.40. The molecule has 0 amide bonds. The van der Waals surface area contributed by atoms with E-state index in [-0.39, 0.29) is 5.02 Å². The molecule has 2 nitrogen and oxygen atoms in total. The summed E-state index contributed by atoms with van der Waals surface area (Å²) in [6.07, 6.45) is -2.37. The van der Waals surface area contributed by atoms with Crippen molar-refractivity contribution in [2.24, 2.45) is 5.73 Å². The third-order valence-electron chi connectivity index (χ3n) is 4.40. The predicted octanol–water partition coefficient (Wildman–Crippen LogP) is 7.10. The summed E-state index contributed by atoms with van der Waals surface area (Å²) >= 11 is 18.4. The predicted molar refractivity (Wildman–Crippen MR) is 106 cm³/mol. The molecule has 1 aromatic heterocycles. The van der Waals surface area contributed by atoms with E-state index in [9.17, 15) is 13.2 Å². The summed E-state index contributed by atoms with van der Waals surface area (Å²) in [5, 5.41) is 1.32. The third kappa shape index (κ3) is 4.06. The Balaban J connectivity index is 2.23. The van der Waals surface area contributed by atoms with Gasteiger partial charge in [-0.1, -0.05) is 40.9 Å². The molecule has 0 saturated carbocycles. The molecule has 8 heteroatoms. The molecular weight excluding hydrogens is 420 g/mol. The van der Waals surface area contributed by atoms with E-state index in [0.29, 0.717) is 39.8 Å². The molecule has 0 unspecified atom stereocenters. The number of halogens is 6. The molecule has 0 atom stereocenters. The normalized spacial score (nSPS) is 12.1. The lowest BCUT2D eigenvalue weighted by Gasteiger charge is -2.12. The molecule has 0 aliphatic heterocycles. The van der Waals surface area contributed by atoms with Crippen LogP contribution in [-0.4, -0.2) is 11.5 Å².